The van der Waals surface area contributed by atoms with Crippen LogP contribution in [0, 0.1) is 0 Å². The number of nitrogens with two attached hydrogens (primary N) is 1. The van der Waals surface area contributed by atoms with Crippen molar-refractivity contribution in [1.82, 2.24) is 0 Å². The van der Waals surface area contributed by atoms with Gasteiger partial charge in [-0.1, -0.05) is 98.0 Å². The second-order valence-electron chi connectivity index (χ2n) is 8.80. The maximum absolute atomic E-state index is 6.27. The fraction of sp³-hybridized carbons (Fsp3) is 0.129. The predicted molar refractivity (Wildman–Crippen MR) is 171 cm³/mol. The van der Waals surface area contributed by atoms with Gasteiger partial charge in [-0.2, -0.15) is 0 Å². The van der Waals surface area contributed by atoms with Gasteiger partial charge in [-0.05, 0) is 76.4 Å². The highest BCUT2D eigenvalue weighted by atomic mass is 79.9. The number of aliphatic imine (C=N–C) groups is 1. The van der Waals surface area contributed by atoms with E-state index in [0.717, 1.165) is 36.8 Å². The standard InChI is InChI=1S/C16H14BrClN2O2.C15H12BrClO/c1-21-14-6-5-11(8-13(14)18)16(9-22-15(19)20-16)10-3-2-4-12(17)7-10;1-10(11-4-3-5-13(16)8-11)12-6-7-15(18-2)14(17)9-12/h2-8H,9H2,1H3,(H2,19,20);3-9H,1H2,2H3. The van der Waals surface area contributed by atoms with E-state index in [4.69, 9.17) is 43.1 Å². The van der Waals surface area contributed by atoms with Crippen LogP contribution in [-0.4, -0.2) is 26.8 Å². The summed E-state index contributed by atoms with van der Waals surface area (Å²) in [7, 11) is 3.18. The molecule has 1 aliphatic rings. The summed E-state index contributed by atoms with van der Waals surface area (Å²) in [5, 5.41) is 1.11. The summed E-state index contributed by atoms with van der Waals surface area (Å²) in [6.07, 6.45) is 0. The van der Waals surface area contributed by atoms with Crippen LogP contribution in [0.2, 0.25) is 10.0 Å². The molecule has 5 nitrogen and oxygen atoms in total. The minimum absolute atomic E-state index is 0.173. The Balaban J connectivity index is 0.000000189. The van der Waals surface area contributed by atoms with Gasteiger partial charge in [0.15, 0.2) is 5.54 Å². The summed E-state index contributed by atoms with van der Waals surface area (Å²) >= 11 is 19.3. The van der Waals surface area contributed by atoms with E-state index in [9.17, 15) is 0 Å². The Kier molecular flexibility index (Phi) is 9.85. The van der Waals surface area contributed by atoms with Crippen molar-refractivity contribution < 1.29 is 14.2 Å². The van der Waals surface area contributed by atoms with E-state index in [1.807, 2.05) is 84.9 Å². The van der Waals surface area contributed by atoms with Crippen molar-refractivity contribution in [2.24, 2.45) is 10.7 Å². The first-order valence-corrected chi connectivity index (χ1v) is 14.4. The van der Waals surface area contributed by atoms with Crippen LogP contribution in [0.1, 0.15) is 22.3 Å². The van der Waals surface area contributed by atoms with Crippen LogP contribution < -0.4 is 15.2 Å². The van der Waals surface area contributed by atoms with Gasteiger partial charge in [-0.15, -0.1) is 0 Å². The highest BCUT2D eigenvalue weighted by Gasteiger charge is 2.40. The molecule has 40 heavy (non-hydrogen) atoms. The molecule has 1 aliphatic heterocycles. The SMILES string of the molecule is C=C(c1cccc(Br)c1)c1ccc(OC)c(Cl)c1.COc1ccc(C2(c3cccc(Br)c3)COC(N)=N2)cc1Cl. The Morgan fingerprint density at radius 2 is 1.40 bits per heavy atom. The molecule has 1 atom stereocenters. The van der Waals surface area contributed by atoms with Gasteiger partial charge in [-0.3, -0.25) is 0 Å². The molecular weight excluding hydrogens is 679 g/mol. The van der Waals surface area contributed by atoms with Crippen LogP contribution in [0.25, 0.3) is 5.57 Å². The van der Waals surface area contributed by atoms with E-state index >= 15 is 0 Å². The summed E-state index contributed by atoms with van der Waals surface area (Å²) in [6.45, 7) is 4.44. The Labute approximate surface area is 260 Å². The van der Waals surface area contributed by atoms with Crippen molar-refractivity contribution in [2.75, 3.05) is 20.8 Å². The van der Waals surface area contributed by atoms with Crippen LogP contribution >= 0.6 is 55.1 Å². The lowest BCUT2D eigenvalue weighted by Gasteiger charge is -2.26. The molecule has 4 aromatic carbocycles. The van der Waals surface area contributed by atoms with Crippen LogP contribution in [0.15, 0.2) is 105 Å². The fourth-order valence-electron chi connectivity index (χ4n) is 4.26. The molecule has 1 heterocycles. The van der Waals surface area contributed by atoms with E-state index < -0.39 is 5.54 Å². The number of benzene rings is 4. The maximum Gasteiger partial charge on any atom is 0.283 e. The molecule has 0 aliphatic carbocycles. The van der Waals surface area contributed by atoms with Gasteiger partial charge in [-0.25, -0.2) is 4.99 Å². The highest BCUT2D eigenvalue weighted by Crippen LogP contribution is 2.41. The van der Waals surface area contributed by atoms with Gasteiger partial charge in [0.2, 0.25) is 0 Å². The van der Waals surface area contributed by atoms with Crippen LogP contribution in [-0.2, 0) is 10.3 Å². The van der Waals surface area contributed by atoms with Gasteiger partial charge >= 0.3 is 0 Å². The first-order chi connectivity index (χ1) is 19.2. The van der Waals surface area contributed by atoms with Gasteiger partial charge in [0, 0.05) is 8.95 Å². The second kappa shape index (κ2) is 13.1. The van der Waals surface area contributed by atoms with Crippen molar-refractivity contribution in [2.45, 2.75) is 5.54 Å². The Morgan fingerprint density at radius 1 is 0.825 bits per heavy atom. The van der Waals surface area contributed by atoms with Crippen molar-refractivity contribution in [1.29, 1.82) is 0 Å². The third kappa shape index (κ3) is 6.66. The molecule has 0 saturated heterocycles. The van der Waals surface area contributed by atoms with Gasteiger partial charge in [0.1, 0.15) is 18.1 Å². The number of nitrogens with zero attached hydrogens (tertiary/aromatic N) is 1. The molecule has 2 N–H and O–H groups in total. The summed E-state index contributed by atoms with van der Waals surface area (Å²) in [5.74, 6) is 1.29. The predicted octanol–water partition coefficient (Wildman–Crippen LogP) is 8.87. The largest absolute Gasteiger partial charge is 0.495 e. The lowest BCUT2D eigenvalue weighted by Crippen LogP contribution is -2.27. The second-order valence-corrected chi connectivity index (χ2v) is 11.4. The van der Waals surface area contributed by atoms with E-state index in [2.05, 4.69) is 43.4 Å². The van der Waals surface area contributed by atoms with E-state index in [0.29, 0.717) is 28.2 Å². The van der Waals surface area contributed by atoms with Gasteiger partial charge in [0.25, 0.3) is 6.02 Å². The first kappa shape index (κ1) is 30.0. The zero-order chi connectivity index (χ0) is 28.9. The average Bonchev–Trinajstić information content (AvgIpc) is 3.35. The summed E-state index contributed by atoms with van der Waals surface area (Å²) < 4.78 is 17.8. The van der Waals surface area contributed by atoms with Gasteiger partial charge < -0.3 is 19.9 Å². The molecule has 5 rings (SSSR count). The normalized spacial score (nSPS) is 15.8. The minimum atomic E-state index is -0.705. The lowest BCUT2D eigenvalue weighted by molar-refractivity contribution is 0.278. The van der Waals surface area contributed by atoms with Gasteiger partial charge in [0.05, 0.1) is 24.3 Å². The third-order valence-corrected chi connectivity index (χ3v) is 7.91. The van der Waals surface area contributed by atoms with Crippen molar-refractivity contribution >= 4 is 66.7 Å². The molecule has 1 unspecified atom stereocenters. The maximum atomic E-state index is 6.27. The molecule has 9 heteroatoms. The third-order valence-electron chi connectivity index (χ3n) is 6.33. The topological polar surface area (TPSA) is 66.1 Å². The Morgan fingerprint density at radius 3 is 1.95 bits per heavy atom. The smallest absolute Gasteiger partial charge is 0.283 e. The molecule has 0 bridgehead atoms. The molecular formula is C31H26Br2Cl2N2O3. The Bertz CT molecular complexity index is 1580. The van der Waals surface area contributed by atoms with Crippen molar-refractivity contribution in [3.05, 3.63) is 133 Å². The van der Waals surface area contributed by atoms with Crippen LogP contribution in [0.4, 0.5) is 0 Å². The number of ether oxygens (including phenoxy) is 3. The van der Waals surface area contributed by atoms with Crippen molar-refractivity contribution in [3.63, 3.8) is 0 Å². The number of rotatable bonds is 6. The van der Waals surface area contributed by atoms with Crippen LogP contribution in [0.3, 0.4) is 0 Å². The van der Waals surface area contributed by atoms with E-state index in [-0.39, 0.29) is 6.02 Å². The monoisotopic (exact) mass is 702 g/mol. The molecule has 4 aromatic rings. The zero-order valence-corrected chi connectivity index (χ0v) is 26.4. The Hall–Kier alpha value is -2.97. The number of hydrogen-bond donors (Lipinski definition) is 1. The fourth-order valence-corrected chi connectivity index (χ4v) is 5.57. The van der Waals surface area contributed by atoms with E-state index in [1.54, 1.807) is 14.2 Å². The molecule has 0 fully saturated rings. The molecule has 0 spiro atoms. The molecule has 206 valence electrons. The highest BCUT2D eigenvalue weighted by molar-refractivity contribution is 9.10. The number of methoxy groups -OCH3 is 2. The average molecular weight is 705 g/mol. The number of halogens is 4. The first-order valence-electron chi connectivity index (χ1n) is 12.0. The molecule has 0 radical (unpaired) electrons. The lowest BCUT2D eigenvalue weighted by atomic mass is 9.84. The number of hydrogen-bond acceptors (Lipinski definition) is 5. The summed E-state index contributed by atoms with van der Waals surface area (Å²) in [4.78, 5) is 4.55. The summed E-state index contributed by atoms with van der Waals surface area (Å²) in [6, 6.07) is 27.4. The quantitative estimate of drug-likeness (QED) is 0.218. The molecule has 0 aromatic heterocycles. The number of amidine groups is 1. The minimum Gasteiger partial charge on any atom is -0.495 e. The molecule has 0 saturated carbocycles. The van der Waals surface area contributed by atoms with Crippen molar-refractivity contribution in [3.8, 4) is 11.5 Å². The molecule has 0 amide bonds. The van der Waals surface area contributed by atoms with Crippen LogP contribution in [0.5, 0.6) is 11.5 Å². The zero-order valence-electron chi connectivity index (χ0n) is 21.8. The van der Waals surface area contributed by atoms with E-state index in [1.165, 1.54) is 0 Å². The summed E-state index contributed by atoms with van der Waals surface area (Å²) in [5.41, 5.74) is 9.92.